The van der Waals surface area contributed by atoms with Gasteiger partial charge in [0.25, 0.3) is 5.91 Å². The van der Waals surface area contributed by atoms with Crippen molar-refractivity contribution < 1.29 is 19.1 Å². The Bertz CT molecular complexity index is 884. The number of nitrogens with zero attached hydrogens (tertiary/aromatic N) is 1. The van der Waals surface area contributed by atoms with Gasteiger partial charge in [-0.3, -0.25) is 4.79 Å². The molecule has 1 aliphatic rings. The second-order valence-electron chi connectivity index (χ2n) is 7.48. The Kier molecular flexibility index (Phi) is 7.49. The molecule has 1 N–H and O–H groups in total. The summed E-state index contributed by atoms with van der Waals surface area (Å²) in [4.78, 5) is 26.3. The van der Waals surface area contributed by atoms with Crippen molar-refractivity contribution in [1.82, 2.24) is 0 Å². The molecule has 3 rings (SSSR count). The molecule has 0 aliphatic carbocycles. The quantitative estimate of drug-likeness (QED) is 0.551. The smallest absolute Gasteiger partial charge is 0.331 e. The van der Waals surface area contributed by atoms with E-state index in [1.54, 1.807) is 19.3 Å². The van der Waals surface area contributed by atoms with Crippen LogP contribution in [0.25, 0.3) is 6.08 Å². The summed E-state index contributed by atoms with van der Waals surface area (Å²) in [6.45, 7) is 4.07. The molecule has 0 atom stereocenters. The molecule has 0 bridgehead atoms. The molecule has 6 nitrogen and oxygen atoms in total. The van der Waals surface area contributed by atoms with E-state index in [1.807, 2.05) is 42.5 Å². The molecule has 1 aliphatic heterocycles. The van der Waals surface area contributed by atoms with E-state index in [0.717, 1.165) is 30.3 Å². The number of esters is 1. The maximum absolute atomic E-state index is 12.1. The lowest BCUT2D eigenvalue weighted by Gasteiger charge is -2.32. The van der Waals surface area contributed by atoms with E-state index in [1.165, 1.54) is 18.9 Å². The molecular formula is C24H28N2O4. The summed E-state index contributed by atoms with van der Waals surface area (Å²) in [5.74, 6) is 0.527. The van der Waals surface area contributed by atoms with Crippen molar-refractivity contribution in [3.8, 4) is 5.75 Å². The number of piperidine rings is 1. The van der Waals surface area contributed by atoms with Gasteiger partial charge in [0, 0.05) is 30.5 Å². The number of nitrogens with one attached hydrogen (secondary N) is 1. The SMILES string of the molecule is COc1cccc(/C=C/C(=O)OCC(=O)Nc2ccc(N3CCC(C)CC3)cc2)c1. The predicted octanol–water partition coefficient (Wildman–Crippen LogP) is 4.13. The molecule has 0 spiro atoms. The standard InChI is InChI=1S/C24H28N2O4/c1-18-12-14-26(15-13-18)21-9-7-20(8-10-21)25-23(27)17-30-24(28)11-6-19-4-3-5-22(16-19)29-2/h3-11,16,18H,12-15,17H2,1-2H3,(H,25,27)/b11-6+. The lowest BCUT2D eigenvalue weighted by Crippen LogP contribution is -2.32. The van der Waals surface area contributed by atoms with E-state index in [-0.39, 0.29) is 12.5 Å². The van der Waals surface area contributed by atoms with Crippen molar-refractivity contribution in [2.45, 2.75) is 19.8 Å². The van der Waals surface area contributed by atoms with Crippen LogP contribution in [-0.2, 0) is 14.3 Å². The minimum absolute atomic E-state index is 0.340. The van der Waals surface area contributed by atoms with Crippen molar-refractivity contribution in [1.29, 1.82) is 0 Å². The molecule has 1 fully saturated rings. The van der Waals surface area contributed by atoms with E-state index < -0.39 is 5.97 Å². The zero-order chi connectivity index (χ0) is 21.3. The van der Waals surface area contributed by atoms with Crippen LogP contribution in [-0.4, -0.2) is 38.7 Å². The highest BCUT2D eigenvalue weighted by Gasteiger charge is 2.16. The molecule has 0 aromatic heterocycles. The van der Waals surface area contributed by atoms with Crippen LogP contribution in [0.4, 0.5) is 11.4 Å². The Morgan fingerprint density at radius 1 is 1.13 bits per heavy atom. The largest absolute Gasteiger partial charge is 0.497 e. The minimum atomic E-state index is -0.581. The van der Waals surface area contributed by atoms with Crippen LogP contribution >= 0.6 is 0 Å². The van der Waals surface area contributed by atoms with Gasteiger partial charge < -0.3 is 19.7 Å². The number of carbonyl (C=O) groups excluding carboxylic acids is 2. The summed E-state index contributed by atoms with van der Waals surface area (Å²) < 4.78 is 10.1. The van der Waals surface area contributed by atoms with E-state index >= 15 is 0 Å². The van der Waals surface area contributed by atoms with E-state index in [9.17, 15) is 9.59 Å². The van der Waals surface area contributed by atoms with Gasteiger partial charge in [0.2, 0.25) is 0 Å². The number of ether oxygens (including phenoxy) is 2. The molecule has 0 saturated carbocycles. The van der Waals surface area contributed by atoms with Crippen molar-refractivity contribution in [2.24, 2.45) is 5.92 Å². The van der Waals surface area contributed by atoms with Crippen molar-refractivity contribution in [3.63, 3.8) is 0 Å². The highest BCUT2D eigenvalue weighted by atomic mass is 16.5. The second kappa shape index (κ2) is 10.5. The lowest BCUT2D eigenvalue weighted by atomic mass is 9.99. The molecule has 1 amide bonds. The van der Waals surface area contributed by atoms with Gasteiger partial charge in [-0.2, -0.15) is 0 Å². The zero-order valence-corrected chi connectivity index (χ0v) is 17.5. The van der Waals surface area contributed by atoms with Crippen LogP contribution < -0.4 is 15.0 Å². The Morgan fingerprint density at radius 3 is 2.57 bits per heavy atom. The van der Waals surface area contributed by atoms with Gasteiger partial charge in [-0.15, -0.1) is 0 Å². The fourth-order valence-corrected chi connectivity index (χ4v) is 3.31. The molecule has 30 heavy (non-hydrogen) atoms. The first-order valence-corrected chi connectivity index (χ1v) is 10.2. The average Bonchev–Trinajstić information content (AvgIpc) is 2.77. The summed E-state index contributed by atoms with van der Waals surface area (Å²) in [5.41, 5.74) is 2.64. The molecule has 1 saturated heterocycles. The van der Waals surface area contributed by atoms with Crippen LogP contribution in [0, 0.1) is 5.92 Å². The maximum Gasteiger partial charge on any atom is 0.331 e. The second-order valence-corrected chi connectivity index (χ2v) is 7.48. The van der Waals surface area contributed by atoms with Gasteiger partial charge in [0.05, 0.1) is 7.11 Å². The zero-order valence-electron chi connectivity index (χ0n) is 17.5. The Morgan fingerprint density at radius 2 is 1.87 bits per heavy atom. The van der Waals surface area contributed by atoms with Crippen molar-refractivity contribution in [3.05, 3.63) is 60.2 Å². The topological polar surface area (TPSA) is 67.9 Å². The molecule has 0 radical (unpaired) electrons. The third-order valence-electron chi connectivity index (χ3n) is 5.15. The van der Waals surface area contributed by atoms with Crippen LogP contribution in [0.15, 0.2) is 54.6 Å². The first-order valence-electron chi connectivity index (χ1n) is 10.2. The first-order chi connectivity index (χ1) is 14.5. The monoisotopic (exact) mass is 408 g/mol. The van der Waals surface area contributed by atoms with E-state index in [2.05, 4.69) is 17.1 Å². The molecule has 2 aromatic carbocycles. The van der Waals surface area contributed by atoms with Crippen LogP contribution in [0.3, 0.4) is 0 Å². The number of hydrogen-bond donors (Lipinski definition) is 1. The Balaban J connectivity index is 1.43. The number of amides is 1. The number of hydrogen-bond acceptors (Lipinski definition) is 5. The summed E-state index contributed by atoms with van der Waals surface area (Å²) in [5, 5.41) is 2.75. The highest BCUT2D eigenvalue weighted by molar-refractivity contribution is 5.94. The van der Waals surface area contributed by atoms with E-state index in [0.29, 0.717) is 11.4 Å². The van der Waals surface area contributed by atoms with Crippen LogP contribution in [0.5, 0.6) is 5.75 Å². The molecule has 158 valence electrons. The number of anilines is 2. The first kappa shape index (κ1) is 21.4. The number of benzene rings is 2. The summed E-state index contributed by atoms with van der Waals surface area (Å²) in [7, 11) is 1.58. The summed E-state index contributed by atoms with van der Waals surface area (Å²) in [6, 6.07) is 15.0. The fourth-order valence-electron chi connectivity index (χ4n) is 3.31. The Hall–Kier alpha value is -3.28. The third-order valence-corrected chi connectivity index (χ3v) is 5.15. The fraction of sp³-hybridized carbons (Fsp3) is 0.333. The highest BCUT2D eigenvalue weighted by Crippen LogP contribution is 2.24. The van der Waals surface area contributed by atoms with Crippen molar-refractivity contribution in [2.75, 3.05) is 37.0 Å². The number of methoxy groups -OCH3 is 1. The van der Waals surface area contributed by atoms with Crippen LogP contribution in [0.2, 0.25) is 0 Å². The lowest BCUT2D eigenvalue weighted by molar-refractivity contribution is -0.142. The van der Waals surface area contributed by atoms with Crippen LogP contribution in [0.1, 0.15) is 25.3 Å². The normalized spacial score (nSPS) is 14.5. The predicted molar refractivity (Wildman–Crippen MR) is 119 cm³/mol. The maximum atomic E-state index is 12.1. The Labute approximate surface area is 177 Å². The van der Waals surface area contributed by atoms with E-state index in [4.69, 9.17) is 9.47 Å². The van der Waals surface area contributed by atoms with Gasteiger partial charge in [0.15, 0.2) is 6.61 Å². The summed E-state index contributed by atoms with van der Waals surface area (Å²) in [6.07, 6.45) is 5.31. The number of rotatable bonds is 7. The minimum Gasteiger partial charge on any atom is -0.497 e. The molecule has 1 heterocycles. The summed E-state index contributed by atoms with van der Waals surface area (Å²) >= 11 is 0. The van der Waals surface area contributed by atoms with Crippen molar-refractivity contribution >= 4 is 29.3 Å². The van der Waals surface area contributed by atoms with Gasteiger partial charge in [-0.25, -0.2) is 4.79 Å². The molecular weight excluding hydrogens is 380 g/mol. The molecule has 0 unspecified atom stereocenters. The average molecular weight is 408 g/mol. The van der Waals surface area contributed by atoms with Gasteiger partial charge in [-0.1, -0.05) is 19.1 Å². The molecule has 2 aromatic rings. The van der Waals surface area contributed by atoms with Gasteiger partial charge in [-0.05, 0) is 66.8 Å². The molecule has 6 heteroatoms. The number of carbonyl (C=O) groups is 2. The third kappa shape index (κ3) is 6.37. The van der Waals surface area contributed by atoms with Gasteiger partial charge in [0.1, 0.15) is 5.75 Å². The van der Waals surface area contributed by atoms with Gasteiger partial charge >= 0.3 is 5.97 Å².